The zero-order valence-electron chi connectivity index (χ0n) is 18.1. The number of hydrogen-bond acceptors (Lipinski definition) is 8. The Labute approximate surface area is 192 Å². The summed E-state index contributed by atoms with van der Waals surface area (Å²) >= 11 is 0. The largest absolute Gasteiger partial charge is 0.465 e. The lowest BCUT2D eigenvalue weighted by atomic mass is 10.1. The predicted molar refractivity (Wildman–Crippen MR) is 122 cm³/mol. The maximum Gasteiger partial charge on any atom is 0.337 e. The van der Waals surface area contributed by atoms with Crippen LogP contribution in [0.5, 0.6) is 0 Å². The molecule has 0 saturated heterocycles. The molecule has 0 aliphatic rings. The van der Waals surface area contributed by atoms with E-state index < -0.39 is 17.5 Å². The van der Waals surface area contributed by atoms with Gasteiger partial charge in [0.05, 0.1) is 47.6 Å². The van der Waals surface area contributed by atoms with Gasteiger partial charge in [-0.3, -0.25) is 9.36 Å². The van der Waals surface area contributed by atoms with Gasteiger partial charge in [-0.1, -0.05) is 30.3 Å². The van der Waals surface area contributed by atoms with E-state index in [1.807, 2.05) is 30.3 Å². The molecular weight excluding hydrogens is 438 g/mol. The van der Waals surface area contributed by atoms with Crippen LogP contribution in [0.1, 0.15) is 20.7 Å². The summed E-state index contributed by atoms with van der Waals surface area (Å²) in [6.07, 6.45) is 2.89. The third-order valence-electron chi connectivity index (χ3n) is 5.35. The molecule has 10 nitrogen and oxygen atoms in total. The summed E-state index contributed by atoms with van der Waals surface area (Å²) in [5.74, 6) is -0.960. The Hall–Kier alpha value is -4.86. The summed E-state index contributed by atoms with van der Waals surface area (Å²) in [5.41, 5.74) is 1.76. The fourth-order valence-corrected chi connectivity index (χ4v) is 3.81. The van der Waals surface area contributed by atoms with Crippen LogP contribution in [0.15, 0.2) is 71.9 Å². The third kappa shape index (κ3) is 3.37. The molecule has 0 amide bonds. The second kappa shape index (κ2) is 8.24. The summed E-state index contributed by atoms with van der Waals surface area (Å²) in [5, 5.41) is 4.56. The van der Waals surface area contributed by atoms with Crippen molar-refractivity contribution in [3.8, 4) is 16.9 Å². The molecule has 0 atom stereocenters. The number of aromatic nitrogens is 5. The Kier molecular flexibility index (Phi) is 5.09. The highest BCUT2D eigenvalue weighted by Crippen LogP contribution is 2.26. The second-order valence-electron chi connectivity index (χ2n) is 7.30. The smallest absolute Gasteiger partial charge is 0.337 e. The van der Waals surface area contributed by atoms with Crippen molar-refractivity contribution >= 4 is 28.6 Å². The number of carbonyl (C=O) groups excluding carboxylic acids is 2. The normalized spacial score (nSPS) is 11.0. The second-order valence-corrected chi connectivity index (χ2v) is 7.30. The molecule has 168 valence electrons. The first-order chi connectivity index (χ1) is 16.5. The highest BCUT2D eigenvalue weighted by atomic mass is 16.5. The maximum absolute atomic E-state index is 13.8. The number of carbonyl (C=O) groups is 2. The molecule has 0 bridgehead atoms. The van der Waals surface area contributed by atoms with Gasteiger partial charge in [0.2, 0.25) is 0 Å². The lowest BCUT2D eigenvalue weighted by Crippen LogP contribution is -2.21. The van der Waals surface area contributed by atoms with Crippen molar-refractivity contribution in [1.82, 2.24) is 24.1 Å². The van der Waals surface area contributed by atoms with E-state index in [0.717, 1.165) is 5.56 Å². The molecule has 5 aromatic rings. The standard InChI is InChI=1S/C24H17N5O5/c1-33-22(31)15-10-16(23(32)34-2)12-17(11-15)28-9-8-18-19(21(28)30)20(14-6-4-3-5-7-14)29-24(27-18)25-13-26-29/h3-13H,1-2H3. The molecule has 5 rings (SSSR count). The minimum Gasteiger partial charge on any atom is -0.465 e. The quantitative estimate of drug-likeness (QED) is 0.380. The van der Waals surface area contributed by atoms with E-state index in [2.05, 4.69) is 15.1 Å². The summed E-state index contributed by atoms with van der Waals surface area (Å²) in [6, 6.07) is 15.3. The first-order valence-electron chi connectivity index (χ1n) is 10.1. The summed E-state index contributed by atoms with van der Waals surface area (Å²) in [4.78, 5) is 46.9. The van der Waals surface area contributed by atoms with E-state index >= 15 is 0 Å². The van der Waals surface area contributed by atoms with Crippen molar-refractivity contribution < 1.29 is 19.1 Å². The van der Waals surface area contributed by atoms with Gasteiger partial charge in [0.25, 0.3) is 11.3 Å². The fourth-order valence-electron chi connectivity index (χ4n) is 3.81. The van der Waals surface area contributed by atoms with Gasteiger partial charge in [-0.2, -0.15) is 14.6 Å². The van der Waals surface area contributed by atoms with Crippen LogP contribution in [0.2, 0.25) is 0 Å². The number of benzene rings is 2. The minimum atomic E-state index is -0.656. The van der Waals surface area contributed by atoms with Crippen molar-refractivity contribution in [3.63, 3.8) is 0 Å². The fraction of sp³-hybridized carbons (Fsp3) is 0.0833. The van der Waals surface area contributed by atoms with E-state index in [4.69, 9.17) is 9.47 Å². The van der Waals surface area contributed by atoms with Crippen molar-refractivity contribution in [1.29, 1.82) is 0 Å². The lowest BCUT2D eigenvalue weighted by Gasteiger charge is -2.13. The summed E-state index contributed by atoms with van der Waals surface area (Å²) in [7, 11) is 2.46. The molecule has 0 fully saturated rings. The average molecular weight is 455 g/mol. The first-order valence-corrected chi connectivity index (χ1v) is 10.1. The van der Waals surface area contributed by atoms with Crippen LogP contribution in [-0.2, 0) is 9.47 Å². The number of methoxy groups -OCH3 is 2. The van der Waals surface area contributed by atoms with Crippen molar-refractivity contribution in [3.05, 3.63) is 88.6 Å². The van der Waals surface area contributed by atoms with Gasteiger partial charge in [-0.05, 0) is 24.3 Å². The molecule has 3 heterocycles. The molecule has 0 aliphatic carbocycles. The molecule has 2 aromatic carbocycles. The Morgan fingerprint density at radius 3 is 2.24 bits per heavy atom. The van der Waals surface area contributed by atoms with Gasteiger partial charge in [-0.15, -0.1) is 0 Å². The lowest BCUT2D eigenvalue weighted by molar-refractivity contribution is 0.0599. The topological polar surface area (TPSA) is 118 Å². The number of ether oxygens (including phenoxy) is 2. The molecular formula is C24H17N5O5. The number of rotatable bonds is 4. The first kappa shape index (κ1) is 21.0. The number of fused-ring (bicyclic) bond motifs is 2. The molecule has 0 radical (unpaired) electrons. The van der Waals surface area contributed by atoms with E-state index in [1.165, 1.54) is 54.0 Å². The van der Waals surface area contributed by atoms with E-state index in [-0.39, 0.29) is 16.8 Å². The van der Waals surface area contributed by atoms with Crippen LogP contribution >= 0.6 is 0 Å². The molecule has 0 spiro atoms. The van der Waals surface area contributed by atoms with Crippen molar-refractivity contribution in [2.24, 2.45) is 0 Å². The SMILES string of the molecule is COC(=O)c1cc(C(=O)OC)cc(-n2ccc3nc4ncnn4c(-c4ccccc4)c3c2=O)c1. The van der Waals surface area contributed by atoms with Gasteiger partial charge in [0.15, 0.2) is 0 Å². The molecule has 0 N–H and O–H groups in total. The Balaban J connectivity index is 1.84. The van der Waals surface area contributed by atoms with Crippen molar-refractivity contribution in [2.45, 2.75) is 0 Å². The predicted octanol–water partition coefficient (Wildman–Crippen LogP) is 2.67. The molecule has 10 heteroatoms. The van der Waals surface area contributed by atoms with E-state index in [9.17, 15) is 14.4 Å². The number of pyridine rings is 1. The van der Waals surface area contributed by atoms with Crippen LogP contribution in [-0.4, -0.2) is 50.3 Å². The number of nitrogens with zero attached hydrogens (tertiary/aromatic N) is 5. The Morgan fingerprint density at radius 1 is 0.912 bits per heavy atom. The van der Waals surface area contributed by atoms with E-state index in [1.54, 1.807) is 6.07 Å². The molecule has 0 unspecified atom stereocenters. The van der Waals surface area contributed by atoms with Crippen molar-refractivity contribution in [2.75, 3.05) is 14.2 Å². The van der Waals surface area contributed by atoms with Gasteiger partial charge in [0, 0.05) is 11.8 Å². The van der Waals surface area contributed by atoms with Gasteiger partial charge >= 0.3 is 11.9 Å². The maximum atomic E-state index is 13.8. The van der Waals surface area contributed by atoms with Gasteiger partial charge < -0.3 is 9.47 Å². The van der Waals surface area contributed by atoms with Gasteiger partial charge in [0.1, 0.15) is 6.33 Å². The Bertz CT molecular complexity index is 1600. The van der Waals surface area contributed by atoms with Crippen LogP contribution in [0, 0.1) is 0 Å². The van der Waals surface area contributed by atoms with Crippen LogP contribution in [0.3, 0.4) is 0 Å². The third-order valence-corrected chi connectivity index (χ3v) is 5.35. The minimum absolute atomic E-state index is 0.0977. The highest BCUT2D eigenvalue weighted by molar-refractivity contribution is 5.97. The monoisotopic (exact) mass is 455 g/mol. The summed E-state index contributed by atoms with van der Waals surface area (Å²) in [6.45, 7) is 0. The molecule has 3 aromatic heterocycles. The zero-order valence-corrected chi connectivity index (χ0v) is 18.1. The molecule has 0 aliphatic heterocycles. The number of esters is 2. The Morgan fingerprint density at radius 2 is 1.59 bits per heavy atom. The summed E-state index contributed by atoms with van der Waals surface area (Å²) < 4.78 is 12.5. The van der Waals surface area contributed by atoms with Crippen LogP contribution in [0.4, 0.5) is 0 Å². The van der Waals surface area contributed by atoms with E-state index in [0.29, 0.717) is 22.4 Å². The average Bonchev–Trinajstić information content (AvgIpc) is 3.35. The highest BCUT2D eigenvalue weighted by Gasteiger charge is 2.19. The molecule has 34 heavy (non-hydrogen) atoms. The zero-order chi connectivity index (χ0) is 23.8. The molecule has 0 saturated carbocycles. The van der Waals surface area contributed by atoms with Crippen LogP contribution in [0.25, 0.3) is 33.6 Å². The van der Waals surface area contributed by atoms with Crippen LogP contribution < -0.4 is 5.56 Å². The number of hydrogen-bond donors (Lipinski definition) is 0. The van der Waals surface area contributed by atoms with Gasteiger partial charge in [-0.25, -0.2) is 14.6 Å².